The van der Waals surface area contributed by atoms with Gasteiger partial charge in [-0.1, -0.05) is 185 Å². The van der Waals surface area contributed by atoms with Crippen molar-refractivity contribution < 1.29 is 19.1 Å². The number of carbonyl (C=O) groups is 2. The highest BCUT2D eigenvalue weighted by atomic mass is 16.5. The number of esters is 1. The number of nitrogens with one attached hydrogen (secondary N) is 6. The van der Waals surface area contributed by atoms with Gasteiger partial charge in [0, 0.05) is 55.4 Å². The van der Waals surface area contributed by atoms with Crippen LogP contribution in [0.5, 0.6) is 5.75 Å². The van der Waals surface area contributed by atoms with Gasteiger partial charge in [-0.15, -0.1) is 0 Å². The number of nitrogens with two attached hydrogens (primary N) is 3. The number of anilines is 3. The largest absolute Gasteiger partial charge is 0.489 e. The molecule has 7 aromatic carbocycles. The number of urea groups is 1. The van der Waals surface area contributed by atoms with E-state index in [1.165, 1.54) is 40.7 Å². The minimum atomic E-state index is -0.747. The molecule has 1 fully saturated rings. The van der Waals surface area contributed by atoms with Crippen LogP contribution >= 0.6 is 0 Å². The van der Waals surface area contributed by atoms with E-state index in [-0.39, 0.29) is 12.6 Å². The molecular formula is C73H92N10O4. The zero-order valence-electron chi connectivity index (χ0n) is 51.5. The van der Waals surface area contributed by atoms with Crippen molar-refractivity contribution in [3.05, 3.63) is 275 Å². The Bertz CT molecular complexity index is 3280. The number of rotatable bonds is 29. The third-order valence-corrected chi connectivity index (χ3v) is 14.8. The Morgan fingerprint density at radius 3 is 1.74 bits per heavy atom. The number of carbonyl (C=O) groups excluding carboxylic acids is 2. The van der Waals surface area contributed by atoms with Crippen LogP contribution in [0.25, 0.3) is 0 Å². The summed E-state index contributed by atoms with van der Waals surface area (Å²) in [6.45, 7) is 29.4. The fraction of sp³-hybridized carbons (Fsp3) is 0.288. The number of ether oxygens (including phenoxy) is 2. The van der Waals surface area contributed by atoms with Crippen molar-refractivity contribution in [2.75, 3.05) is 36.9 Å². The Hall–Kier alpha value is -9.56. The highest BCUT2D eigenvalue weighted by Crippen LogP contribution is 2.36. The molecule has 0 aliphatic carbocycles. The number of nitrogen functional groups attached to an aromatic ring is 3. The summed E-state index contributed by atoms with van der Waals surface area (Å²) in [5.74, 6) is 2.02. The van der Waals surface area contributed by atoms with Crippen molar-refractivity contribution >= 4 is 29.1 Å². The molecule has 0 aromatic heterocycles. The summed E-state index contributed by atoms with van der Waals surface area (Å²) in [7, 11) is 0. The summed E-state index contributed by atoms with van der Waals surface area (Å²) in [6, 6.07) is 57.4. The molecule has 0 saturated carbocycles. The Morgan fingerprint density at radius 2 is 1.14 bits per heavy atom. The number of aryl methyl sites for hydroxylation is 2. The van der Waals surface area contributed by atoms with E-state index in [2.05, 4.69) is 125 Å². The van der Waals surface area contributed by atoms with Crippen LogP contribution in [0.3, 0.4) is 0 Å². The fourth-order valence-electron chi connectivity index (χ4n) is 10.0. The molecule has 1 heterocycles. The van der Waals surface area contributed by atoms with E-state index < -0.39 is 18.0 Å². The lowest BCUT2D eigenvalue weighted by molar-refractivity contribution is -0.145. The first kappa shape index (κ1) is 66.6. The number of likely N-dealkylation sites (tertiary alicyclic amines) is 1. The molecule has 1 aliphatic heterocycles. The van der Waals surface area contributed by atoms with E-state index in [1.54, 1.807) is 19.1 Å². The lowest BCUT2D eigenvalue weighted by Crippen LogP contribution is -2.47. The number of hydrogen-bond donors (Lipinski definition) is 9. The molecule has 14 heteroatoms. The van der Waals surface area contributed by atoms with Gasteiger partial charge >= 0.3 is 12.0 Å². The van der Waals surface area contributed by atoms with Gasteiger partial charge in [0.1, 0.15) is 18.4 Å². The molecule has 7 aromatic rings. The second-order valence-electron chi connectivity index (χ2n) is 21.8. The quantitative estimate of drug-likeness (QED) is 0.0122. The maximum Gasteiger partial charge on any atom is 0.329 e. The van der Waals surface area contributed by atoms with E-state index in [0.29, 0.717) is 44.4 Å². The van der Waals surface area contributed by atoms with Gasteiger partial charge in [-0.3, -0.25) is 0 Å². The first-order chi connectivity index (χ1) is 42.1. The van der Waals surface area contributed by atoms with Gasteiger partial charge in [0.15, 0.2) is 0 Å². The SMILES string of the molecule is C=C(NCC(=C)N1CCCC1c1ccccc1CC)NCc1ccc(N)cc1.C=C(NCc1ccc(N)cc1)NC(Cc1cccc(OCc2ccccc2)c1)C(=C)CCC.CCOC(=O)C(Cc1cccc(C)c1)NC(=O)NCc1ccc(N)cc1. The highest BCUT2D eigenvalue weighted by Gasteiger charge is 2.28. The van der Waals surface area contributed by atoms with Crippen LogP contribution in [-0.2, 0) is 55.0 Å². The van der Waals surface area contributed by atoms with Crippen LogP contribution in [-0.4, -0.2) is 48.7 Å². The van der Waals surface area contributed by atoms with E-state index in [1.807, 2.05) is 122 Å². The second-order valence-corrected chi connectivity index (χ2v) is 21.8. The molecule has 3 unspecified atom stereocenters. The number of benzene rings is 7. The molecule has 87 heavy (non-hydrogen) atoms. The van der Waals surface area contributed by atoms with Gasteiger partial charge < -0.3 is 63.5 Å². The average Bonchev–Trinajstić information content (AvgIpc) is 3.35. The van der Waals surface area contributed by atoms with Gasteiger partial charge in [0.2, 0.25) is 0 Å². The standard InChI is InChI=1S/C29H35N3O.C24H32N4.C20H25N3O3/c1-4-9-22(2)29(32-23(3)31-20-24-14-16-27(30)17-15-24)19-26-12-8-13-28(18-26)33-21-25-10-6-5-7-11-25;1-4-21-8-5-6-9-23(21)24-10-7-15-28(24)18(2)16-26-19(3)27-17-20-11-13-22(25)14-12-20;1-3-26-19(24)18(12-16-6-4-5-14(2)11-16)23-20(25)22-13-15-7-9-17(21)10-8-15/h5-8,10-18,29,31-32H,2-4,9,19-21,30H2,1H3;5-6,8-9,11-14,24,26-27H,2-4,7,10,15-17,25H2,1H3;4-11,18H,3,12-13,21H2,1-2H3,(H2,22,23,25). The van der Waals surface area contributed by atoms with Crippen LogP contribution in [0.2, 0.25) is 0 Å². The minimum Gasteiger partial charge on any atom is -0.489 e. The average molecular weight is 1170 g/mol. The van der Waals surface area contributed by atoms with Crippen molar-refractivity contribution in [1.29, 1.82) is 0 Å². The normalized spacial score (nSPS) is 12.9. The van der Waals surface area contributed by atoms with Crippen LogP contribution in [0.4, 0.5) is 21.9 Å². The molecule has 3 atom stereocenters. The van der Waals surface area contributed by atoms with E-state index in [9.17, 15) is 9.59 Å². The maximum absolute atomic E-state index is 12.2. The topological polar surface area (TPSA) is 206 Å². The van der Waals surface area contributed by atoms with Crippen LogP contribution in [0.15, 0.2) is 225 Å². The molecule has 0 radical (unpaired) electrons. The summed E-state index contributed by atoms with van der Waals surface area (Å²) in [6.07, 6.45) is 6.66. The molecule has 0 bridgehead atoms. The Kier molecular flexibility index (Phi) is 27.3. The lowest BCUT2D eigenvalue weighted by atomic mass is 9.96. The predicted molar refractivity (Wildman–Crippen MR) is 359 cm³/mol. The van der Waals surface area contributed by atoms with E-state index in [4.69, 9.17) is 26.7 Å². The summed E-state index contributed by atoms with van der Waals surface area (Å²) in [5.41, 5.74) is 32.2. The molecule has 2 amide bonds. The summed E-state index contributed by atoms with van der Waals surface area (Å²) >= 11 is 0. The van der Waals surface area contributed by atoms with E-state index >= 15 is 0 Å². The molecule has 0 spiro atoms. The van der Waals surface area contributed by atoms with Crippen LogP contribution in [0, 0.1) is 6.92 Å². The maximum atomic E-state index is 12.2. The zero-order valence-corrected chi connectivity index (χ0v) is 51.5. The van der Waals surface area contributed by atoms with Gasteiger partial charge in [-0.25, -0.2) is 9.59 Å². The monoisotopic (exact) mass is 1170 g/mol. The highest BCUT2D eigenvalue weighted by molar-refractivity contribution is 5.83. The van der Waals surface area contributed by atoms with Gasteiger partial charge in [0.05, 0.1) is 36.9 Å². The Labute approximate surface area is 517 Å². The first-order valence-corrected chi connectivity index (χ1v) is 30.2. The summed E-state index contributed by atoms with van der Waals surface area (Å²) in [4.78, 5) is 26.9. The minimum absolute atomic E-state index is 0.0840. The molecule has 1 saturated heterocycles. The van der Waals surface area contributed by atoms with Crippen molar-refractivity contribution in [1.82, 2.24) is 36.8 Å². The van der Waals surface area contributed by atoms with E-state index in [0.717, 1.165) is 101 Å². The van der Waals surface area contributed by atoms with Crippen LogP contribution in [0.1, 0.15) is 103 Å². The Balaban J connectivity index is 0.000000210. The molecule has 458 valence electrons. The third kappa shape index (κ3) is 23.4. The lowest BCUT2D eigenvalue weighted by Gasteiger charge is -2.30. The zero-order chi connectivity index (χ0) is 62.3. The van der Waals surface area contributed by atoms with Gasteiger partial charge in [-0.2, -0.15) is 0 Å². The molecule has 12 N–H and O–H groups in total. The fourth-order valence-corrected chi connectivity index (χ4v) is 10.0. The number of hydrogen-bond acceptors (Lipinski definition) is 12. The van der Waals surface area contributed by atoms with Gasteiger partial charge in [0.25, 0.3) is 0 Å². The Morgan fingerprint density at radius 1 is 0.586 bits per heavy atom. The predicted octanol–water partition coefficient (Wildman–Crippen LogP) is 12.8. The number of amides is 2. The summed E-state index contributed by atoms with van der Waals surface area (Å²) in [5, 5.41) is 19.0. The third-order valence-electron chi connectivity index (χ3n) is 14.8. The van der Waals surface area contributed by atoms with Crippen molar-refractivity contribution in [3.63, 3.8) is 0 Å². The van der Waals surface area contributed by atoms with Crippen molar-refractivity contribution in [3.8, 4) is 5.75 Å². The van der Waals surface area contributed by atoms with Gasteiger partial charge in [-0.05, 0) is 139 Å². The van der Waals surface area contributed by atoms with Crippen molar-refractivity contribution in [2.24, 2.45) is 0 Å². The molecule has 14 nitrogen and oxygen atoms in total. The number of nitrogens with zero attached hydrogens (tertiary/aromatic N) is 1. The summed E-state index contributed by atoms with van der Waals surface area (Å²) < 4.78 is 11.1. The molecule has 8 rings (SSSR count). The first-order valence-electron chi connectivity index (χ1n) is 30.2. The van der Waals surface area contributed by atoms with Crippen LogP contribution < -0.4 is 53.8 Å². The second kappa shape index (κ2) is 35.7. The molecule has 1 aliphatic rings. The van der Waals surface area contributed by atoms with Crippen molar-refractivity contribution in [2.45, 2.75) is 117 Å². The molecular weight excluding hydrogens is 1080 g/mol. The smallest absolute Gasteiger partial charge is 0.329 e.